The van der Waals surface area contributed by atoms with Gasteiger partial charge in [-0.1, -0.05) is 43.3 Å². The number of nitrogens with one attached hydrogen (secondary N) is 2. The first-order valence-electron chi connectivity index (χ1n) is 10.2. The normalized spacial score (nSPS) is 12.3. The molecule has 1 unspecified atom stereocenters. The number of nitrogens with zero attached hydrogens (tertiary/aromatic N) is 2. The number of aromatic amines is 1. The molecule has 6 heteroatoms. The molecular weight excluding hydrogens is 391 g/mol. The summed E-state index contributed by atoms with van der Waals surface area (Å²) in [6.07, 6.45) is 0. The number of imidazole rings is 1. The highest BCUT2D eigenvalue weighted by Gasteiger charge is 2.14. The zero-order valence-electron chi connectivity index (χ0n) is 17.8. The molecule has 0 aliphatic heterocycles. The van der Waals surface area contributed by atoms with Crippen LogP contribution in [-0.4, -0.2) is 41.4 Å². The summed E-state index contributed by atoms with van der Waals surface area (Å²) in [5.41, 5.74) is 5.24. The highest BCUT2D eigenvalue weighted by atomic mass is 19.1. The largest absolute Gasteiger partial charge is 0.338 e. The Kier molecular flexibility index (Phi) is 5.82. The predicted octanol–water partition coefficient (Wildman–Crippen LogP) is 5.17. The second-order valence-electron chi connectivity index (χ2n) is 8.05. The molecule has 0 saturated heterocycles. The number of carbonyl (C=O) groups is 1. The lowest BCUT2D eigenvalue weighted by Crippen LogP contribution is -2.29. The number of carbonyl (C=O) groups excluding carboxylic acids is 1. The summed E-state index contributed by atoms with van der Waals surface area (Å²) in [5, 5.41) is 2.97. The summed E-state index contributed by atoms with van der Waals surface area (Å²) in [5.74, 6) is 0.343. The SMILES string of the molecule is CC(CN(C)C)C(=O)Nc1ccc(-c2ccc(-c3nc4ccc(F)cc4[nH]3)cc2)cc1. The number of amides is 1. The van der Waals surface area contributed by atoms with Crippen molar-refractivity contribution in [3.63, 3.8) is 0 Å². The van der Waals surface area contributed by atoms with Gasteiger partial charge in [0.25, 0.3) is 0 Å². The van der Waals surface area contributed by atoms with Gasteiger partial charge < -0.3 is 15.2 Å². The molecule has 0 spiro atoms. The van der Waals surface area contributed by atoms with Crippen LogP contribution in [0.3, 0.4) is 0 Å². The minimum absolute atomic E-state index is 0.0107. The number of H-pyrrole nitrogens is 1. The number of aromatic nitrogens is 2. The molecule has 0 bridgehead atoms. The van der Waals surface area contributed by atoms with E-state index in [0.717, 1.165) is 27.9 Å². The van der Waals surface area contributed by atoms with Crippen molar-refractivity contribution in [2.45, 2.75) is 6.92 Å². The molecule has 3 aromatic carbocycles. The average molecular weight is 417 g/mol. The van der Waals surface area contributed by atoms with E-state index >= 15 is 0 Å². The Morgan fingerprint density at radius 2 is 1.61 bits per heavy atom. The van der Waals surface area contributed by atoms with Crippen LogP contribution in [0, 0.1) is 11.7 Å². The number of anilines is 1. The van der Waals surface area contributed by atoms with Crippen LogP contribution in [0.4, 0.5) is 10.1 Å². The maximum atomic E-state index is 13.4. The maximum Gasteiger partial charge on any atom is 0.228 e. The molecule has 158 valence electrons. The second kappa shape index (κ2) is 8.70. The average Bonchev–Trinajstić information content (AvgIpc) is 3.17. The molecule has 1 aromatic heterocycles. The number of halogens is 1. The Bertz CT molecular complexity index is 1200. The van der Waals surface area contributed by atoms with Gasteiger partial charge in [-0.3, -0.25) is 4.79 Å². The van der Waals surface area contributed by atoms with Gasteiger partial charge in [-0.2, -0.15) is 0 Å². The molecule has 1 amide bonds. The van der Waals surface area contributed by atoms with Crippen LogP contribution < -0.4 is 5.32 Å². The Labute approximate surface area is 180 Å². The van der Waals surface area contributed by atoms with Crippen molar-refractivity contribution in [2.24, 2.45) is 5.92 Å². The van der Waals surface area contributed by atoms with E-state index in [1.54, 1.807) is 6.07 Å². The van der Waals surface area contributed by atoms with E-state index < -0.39 is 0 Å². The summed E-state index contributed by atoms with van der Waals surface area (Å²) in [4.78, 5) is 22.0. The summed E-state index contributed by atoms with van der Waals surface area (Å²) in [6, 6.07) is 20.4. The van der Waals surface area contributed by atoms with Gasteiger partial charge in [0.05, 0.1) is 11.0 Å². The first-order valence-corrected chi connectivity index (χ1v) is 10.2. The number of hydrogen-bond acceptors (Lipinski definition) is 3. The smallest absolute Gasteiger partial charge is 0.228 e. The van der Waals surface area contributed by atoms with Crippen molar-refractivity contribution < 1.29 is 9.18 Å². The zero-order valence-corrected chi connectivity index (χ0v) is 17.8. The van der Waals surface area contributed by atoms with Crippen molar-refractivity contribution in [3.05, 3.63) is 72.5 Å². The summed E-state index contributed by atoms with van der Waals surface area (Å²) in [7, 11) is 3.91. The van der Waals surface area contributed by atoms with E-state index in [1.165, 1.54) is 12.1 Å². The molecule has 0 aliphatic rings. The lowest BCUT2D eigenvalue weighted by molar-refractivity contribution is -0.119. The molecule has 4 rings (SSSR count). The molecule has 2 N–H and O–H groups in total. The van der Waals surface area contributed by atoms with E-state index in [2.05, 4.69) is 15.3 Å². The van der Waals surface area contributed by atoms with Gasteiger partial charge in [-0.05, 0) is 55.6 Å². The lowest BCUT2D eigenvalue weighted by atomic mass is 10.0. The first kappa shape index (κ1) is 20.8. The second-order valence-corrected chi connectivity index (χ2v) is 8.05. The summed E-state index contributed by atoms with van der Waals surface area (Å²) in [6.45, 7) is 2.63. The number of fused-ring (bicyclic) bond motifs is 1. The summed E-state index contributed by atoms with van der Waals surface area (Å²) >= 11 is 0. The Hall–Kier alpha value is -3.51. The number of rotatable bonds is 6. The highest BCUT2D eigenvalue weighted by molar-refractivity contribution is 5.92. The van der Waals surface area contributed by atoms with E-state index in [1.807, 2.05) is 74.4 Å². The van der Waals surface area contributed by atoms with Gasteiger partial charge in [-0.25, -0.2) is 9.37 Å². The molecule has 0 saturated carbocycles. The van der Waals surface area contributed by atoms with E-state index in [9.17, 15) is 9.18 Å². The Morgan fingerprint density at radius 3 is 2.26 bits per heavy atom. The van der Waals surface area contributed by atoms with E-state index in [4.69, 9.17) is 0 Å². The van der Waals surface area contributed by atoms with Gasteiger partial charge in [0, 0.05) is 23.7 Å². The fourth-order valence-corrected chi connectivity index (χ4v) is 3.58. The third kappa shape index (κ3) is 4.81. The van der Waals surface area contributed by atoms with Crippen LogP contribution in [0.2, 0.25) is 0 Å². The van der Waals surface area contributed by atoms with Crippen LogP contribution >= 0.6 is 0 Å². The monoisotopic (exact) mass is 416 g/mol. The van der Waals surface area contributed by atoms with Crippen LogP contribution in [0.15, 0.2) is 66.7 Å². The van der Waals surface area contributed by atoms with Gasteiger partial charge in [0.15, 0.2) is 0 Å². The fraction of sp³-hybridized carbons (Fsp3) is 0.200. The molecule has 4 aromatic rings. The lowest BCUT2D eigenvalue weighted by Gasteiger charge is -2.16. The third-order valence-electron chi connectivity index (χ3n) is 5.17. The molecule has 1 atom stereocenters. The Morgan fingerprint density at radius 1 is 1.00 bits per heavy atom. The van der Waals surface area contributed by atoms with Crippen molar-refractivity contribution in [1.29, 1.82) is 0 Å². The van der Waals surface area contributed by atoms with Gasteiger partial charge >= 0.3 is 0 Å². The molecule has 0 radical (unpaired) electrons. The molecule has 0 fully saturated rings. The van der Waals surface area contributed by atoms with Crippen molar-refractivity contribution >= 4 is 22.6 Å². The van der Waals surface area contributed by atoms with Gasteiger partial charge in [-0.15, -0.1) is 0 Å². The molecular formula is C25H25FN4O. The van der Waals surface area contributed by atoms with E-state index in [0.29, 0.717) is 17.9 Å². The summed E-state index contributed by atoms with van der Waals surface area (Å²) < 4.78 is 13.4. The maximum absolute atomic E-state index is 13.4. The molecule has 1 heterocycles. The van der Waals surface area contributed by atoms with E-state index in [-0.39, 0.29) is 17.6 Å². The first-order chi connectivity index (χ1) is 14.9. The topological polar surface area (TPSA) is 61.0 Å². The van der Waals surface area contributed by atoms with Crippen molar-refractivity contribution in [2.75, 3.05) is 26.0 Å². The van der Waals surface area contributed by atoms with Crippen molar-refractivity contribution in [1.82, 2.24) is 14.9 Å². The quantitative estimate of drug-likeness (QED) is 0.456. The molecule has 31 heavy (non-hydrogen) atoms. The number of hydrogen-bond donors (Lipinski definition) is 2. The van der Waals surface area contributed by atoms with Crippen LogP contribution in [0.1, 0.15) is 6.92 Å². The molecule has 5 nitrogen and oxygen atoms in total. The minimum Gasteiger partial charge on any atom is -0.338 e. The minimum atomic E-state index is -0.287. The standard InChI is InChI=1S/C25H25FN4O/c1-16(15-30(2)3)25(31)27-21-11-8-18(9-12-21)17-4-6-19(7-5-17)24-28-22-13-10-20(26)14-23(22)29-24/h4-14,16H,15H2,1-3H3,(H,27,31)(H,28,29). The fourth-order valence-electron chi connectivity index (χ4n) is 3.58. The Balaban J connectivity index is 1.47. The zero-order chi connectivity index (χ0) is 22.0. The van der Waals surface area contributed by atoms with Gasteiger partial charge in [0.1, 0.15) is 11.6 Å². The van der Waals surface area contributed by atoms with Crippen LogP contribution in [0.5, 0.6) is 0 Å². The molecule has 0 aliphatic carbocycles. The van der Waals surface area contributed by atoms with Gasteiger partial charge in [0.2, 0.25) is 5.91 Å². The number of benzene rings is 3. The highest BCUT2D eigenvalue weighted by Crippen LogP contribution is 2.26. The predicted molar refractivity (Wildman–Crippen MR) is 123 cm³/mol. The van der Waals surface area contributed by atoms with Crippen LogP contribution in [-0.2, 0) is 4.79 Å². The van der Waals surface area contributed by atoms with Crippen LogP contribution in [0.25, 0.3) is 33.5 Å². The van der Waals surface area contributed by atoms with Crippen molar-refractivity contribution in [3.8, 4) is 22.5 Å². The third-order valence-corrected chi connectivity index (χ3v) is 5.17.